The Hall–Kier alpha value is -2.00. The summed E-state index contributed by atoms with van der Waals surface area (Å²) in [5.41, 5.74) is 3.29. The molecule has 2 rings (SSSR count). The van der Waals surface area contributed by atoms with Crippen LogP contribution in [0.15, 0.2) is 48.5 Å². The Kier molecular flexibility index (Phi) is 5.02. The molecule has 104 valence electrons. The van der Waals surface area contributed by atoms with E-state index in [0.29, 0.717) is 18.1 Å². The quantitative estimate of drug-likeness (QED) is 0.886. The van der Waals surface area contributed by atoms with E-state index in [0.717, 1.165) is 11.1 Å². The molecule has 0 aliphatic carbocycles. The first-order valence-corrected chi connectivity index (χ1v) is 6.83. The van der Waals surface area contributed by atoms with Crippen molar-refractivity contribution >= 4 is 17.6 Å². The summed E-state index contributed by atoms with van der Waals surface area (Å²) in [5.74, 6) is 0. The summed E-state index contributed by atoms with van der Waals surface area (Å²) in [5, 5.41) is 6.33. The van der Waals surface area contributed by atoms with Crippen LogP contribution in [-0.4, -0.2) is 6.03 Å². The average molecular weight is 289 g/mol. The fraction of sp³-hybridized carbons (Fsp3) is 0.188. The summed E-state index contributed by atoms with van der Waals surface area (Å²) in [6.07, 6.45) is 0. The minimum Gasteiger partial charge on any atom is -0.334 e. The van der Waals surface area contributed by atoms with E-state index in [9.17, 15) is 4.79 Å². The SMILES string of the molecule is Cc1cccc(CNC(=O)NCc2ccc(Cl)cc2)c1. The summed E-state index contributed by atoms with van der Waals surface area (Å²) in [7, 11) is 0. The van der Waals surface area contributed by atoms with E-state index < -0.39 is 0 Å². The van der Waals surface area contributed by atoms with Gasteiger partial charge in [-0.05, 0) is 30.2 Å². The largest absolute Gasteiger partial charge is 0.334 e. The van der Waals surface area contributed by atoms with Crippen molar-refractivity contribution in [2.24, 2.45) is 0 Å². The van der Waals surface area contributed by atoms with Gasteiger partial charge in [0.1, 0.15) is 0 Å². The minimum absolute atomic E-state index is 0.179. The highest BCUT2D eigenvalue weighted by atomic mass is 35.5. The highest BCUT2D eigenvalue weighted by Gasteiger charge is 2.01. The van der Waals surface area contributed by atoms with Crippen molar-refractivity contribution < 1.29 is 4.79 Å². The highest BCUT2D eigenvalue weighted by molar-refractivity contribution is 6.30. The zero-order valence-corrected chi connectivity index (χ0v) is 12.1. The van der Waals surface area contributed by atoms with Gasteiger partial charge < -0.3 is 10.6 Å². The van der Waals surface area contributed by atoms with Gasteiger partial charge in [-0.25, -0.2) is 4.79 Å². The number of carbonyl (C=O) groups is 1. The summed E-state index contributed by atoms with van der Waals surface area (Å²) in [6, 6.07) is 15.3. The first-order valence-electron chi connectivity index (χ1n) is 6.45. The number of rotatable bonds is 4. The van der Waals surface area contributed by atoms with Gasteiger partial charge in [0.25, 0.3) is 0 Å². The lowest BCUT2D eigenvalue weighted by Crippen LogP contribution is -2.34. The molecule has 0 unspecified atom stereocenters. The lowest BCUT2D eigenvalue weighted by atomic mass is 10.1. The van der Waals surface area contributed by atoms with Crippen LogP contribution in [0.2, 0.25) is 5.02 Å². The second kappa shape index (κ2) is 6.96. The van der Waals surface area contributed by atoms with Gasteiger partial charge in [-0.1, -0.05) is 53.6 Å². The molecule has 0 saturated heterocycles. The summed E-state index contributed by atoms with van der Waals surface area (Å²) >= 11 is 5.80. The molecule has 3 nitrogen and oxygen atoms in total. The standard InChI is InChI=1S/C16H17ClN2O/c1-12-3-2-4-14(9-12)11-19-16(20)18-10-13-5-7-15(17)8-6-13/h2-9H,10-11H2,1H3,(H2,18,19,20). The third-order valence-electron chi connectivity index (χ3n) is 2.90. The first kappa shape index (κ1) is 14.4. The molecule has 0 radical (unpaired) electrons. The van der Waals surface area contributed by atoms with Gasteiger partial charge in [0, 0.05) is 18.1 Å². The van der Waals surface area contributed by atoms with Crippen LogP contribution in [-0.2, 0) is 13.1 Å². The normalized spacial score (nSPS) is 10.1. The van der Waals surface area contributed by atoms with E-state index in [2.05, 4.69) is 16.7 Å². The van der Waals surface area contributed by atoms with Crippen molar-refractivity contribution in [3.05, 3.63) is 70.2 Å². The van der Waals surface area contributed by atoms with Crippen LogP contribution in [0.25, 0.3) is 0 Å². The van der Waals surface area contributed by atoms with Gasteiger partial charge in [-0.2, -0.15) is 0 Å². The Morgan fingerprint density at radius 3 is 2.30 bits per heavy atom. The Labute approximate surface area is 124 Å². The number of aryl methyl sites for hydroxylation is 1. The van der Waals surface area contributed by atoms with Crippen LogP contribution in [0.3, 0.4) is 0 Å². The van der Waals surface area contributed by atoms with Crippen LogP contribution in [0.4, 0.5) is 4.79 Å². The number of urea groups is 1. The van der Waals surface area contributed by atoms with E-state index in [-0.39, 0.29) is 6.03 Å². The van der Waals surface area contributed by atoms with E-state index >= 15 is 0 Å². The molecule has 0 heterocycles. The van der Waals surface area contributed by atoms with E-state index in [1.807, 2.05) is 49.4 Å². The van der Waals surface area contributed by atoms with Crippen molar-refractivity contribution in [2.75, 3.05) is 0 Å². The molecule has 0 spiro atoms. The van der Waals surface area contributed by atoms with Crippen LogP contribution >= 0.6 is 11.6 Å². The molecular formula is C16H17ClN2O. The predicted molar refractivity (Wildman–Crippen MR) is 81.7 cm³/mol. The summed E-state index contributed by atoms with van der Waals surface area (Å²) in [4.78, 5) is 11.7. The second-order valence-electron chi connectivity index (χ2n) is 4.65. The van der Waals surface area contributed by atoms with Crippen LogP contribution in [0.5, 0.6) is 0 Å². The molecule has 20 heavy (non-hydrogen) atoms. The third-order valence-corrected chi connectivity index (χ3v) is 3.15. The molecule has 2 amide bonds. The van der Waals surface area contributed by atoms with Gasteiger partial charge in [0.2, 0.25) is 0 Å². The third kappa shape index (κ3) is 4.59. The maximum Gasteiger partial charge on any atom is 0.315 e. The Balaban J connectivity index is 1.77. The smallest absolute Gasteiger partial charge is 0.315 e. The molecular weight excluding hydrogens is 272 g/mol. The topological polar surface area (TPSA) is 41.1 Å². The molecule has 0 atom stereocenters. The van der Waals surface area contributed by atoms with Crippen molar-refractivity contribution in [3.63, 3.8) is 0 Å². The van der Waals surface area contributed by atoms with E-state index in [1.54, 1.807) is 0 Å². The number of carbonyl (C=O) groups excluding carboxylic acids is 1. The average Bonchev–Trinajstić information content (AvgIpc) is 2.45. The molecule has 0 saturated carbocycles. The Morgan fingerprint density at radius 2 is 1.65 bits per heavy atom. The zero-order chi connectivity index (χ0) is 14.4. The van der Waals surface area contributed by atoms with Gasteiger partial charge in [0.15, 0.2) is 0 Å². The van der Waals surface area contributed by atoms with Crippen LogP contribution < -0.4 is 10.6 Å². The minimum atomic E-state index is -0.179. The number of benzene rings is 2. The number of halogens is 1. The molecule has 0 aliphatic heterocycles. The van der Waals surface area contributed by atoms with Gasteiger partial charge in [-0.3, -0.25) is 0 Å². The fourth-order valence-electron chi connectivity index (χ4n) is 1.85. The number of hydrogen-bond acceptors (Lipinski definition) is 1. The fourth-order valence-corrected chi connectivity index (χ4v) is 1.98. The van der Waals surface area contributed by atoms with E-state index in [1.165, 1.54) is 5.56 Å². The number of nitrogens with one attached hydrogen (secondary N) is 2. The number of hydrogen-bond donors (Lipinski definition) is 2. The van der Waals surface area contributed by atoms with Gasteiger partial charge in [0.05, 0.1) is 0 Å². The highest BCUT2D eigenvalue weighted by Crippen LogP contribution is 2.09. The van der Waals surface area contributed by atoms with Crippen molar-refractivity contribution in [1.29, 1.82) is 0 Å². The van der Waals surface area contributed by atoms with Crippen molar-refractivity contribution in [2.45, 2.75) is 20.0 Å². The van der Waals surface area contributed by atoms with Gasteiger partial charge in [-0.15, -0.1) is 0 Å². The molecule has 2 aromatic rings. The molecule has 0 aliphatic rings. The van der Waals surface area contributed by atoms with E-state index in [4.69, 9.17) is 11.6 Å². The molecule has 2 aromatic carbocycles. The van der Waals surface area contributed by atoms with Crippen molar-refractivity contribution in [3.8, 4) is 0 Å². The Morgan fingerprint density at radius 1 is 1.00 bits per heavy atom. The predicted octanol–water partition coefficient (Wildman–Crippen LogP) is 3.65. The van der Waals surface area contributed by atoms with Crippen LogP contribution in [0.1, 0.15) is 16.7 Å². The molecule has 4 heteroatoms. The maximum atomic E-state index is 11.7. The Bertz CT molecular complexity index is 581. The van der Waals surface area contributed by atoms with Crippen molar-refractivity contribution in [1.82, 2.24) is 10.6 Å². The lowest BCUT2D eigenvalue weighted by molar-refractivity contribution is 0.240. The summed E-state index contributed by atoms with van der Waals surface area (Å²) in [6.45, 7) is 3.04. The molecule has 0 aromatic heterocycles. The molecule has 0 fully saturated rings. The molecule has 0 bridgehead atoms. The lowest BCUT2D eigenvalue weighted by Gasteiger charge is -2.08. The summed E-state index contributed by atoms with van der Waals surface area (Å²) < 4.78 is 0. The second-order valence-corrected chi connectivity index (χ2v) is 5.09. The van der Waals surface area contributed by atoms with Gasteiger partial charge >= 0.3 is 6.03 Å². The maximum absolute atomic E-state index is 11.7. The first-order chi connectivity index (χ1) is 9.63. The number of amides is 2. The monoisotopic (exact) mass is 288 g/mol. The zero-order valence-electron chi connectivity index (χ0n) is 11.3. The van der Waals surface area contributed by atoms with Crippen LogP contribution in [0, 0.1) is 6.92 Å². The molecule has 2 N–H and O–H groups in total.